The van der Waals surface area contributed by atoms with Crippen molar-refractivity contribution in [2.75, 3.05) is 9.80 Å². The molecule has 2 aliphatic heterocycles. The van der Waals surface area contributed by atoms with Crippen LogP contribution >= 0.6 is 0 Å². The molecule has 2 aliphatic rings. The normalized spacial score (nSPS) is 13.2. The quantitative estimate of drug-likeness (QED) is 0.149. The second-order valence-corrected chi connectivity index (χ2v) is 18.6. The van der Waals surface area contributed by atoms with Crippen LogP contribution in [0.3, 0.4) is 0 Å². The molecule has 0 N–H and O–H groups in total. The summed E-state index contributed by atoms with van der Waals surface area (Å²) in [5.41, 5.74) is 17.9. The largest absolute Gasteiger partial charge is 0.509 e. The molecule has 10 aromatic carbocycles. The summed E-state index contributed by atoms with van der Waals surface area (Å²) in [6.45, 7) is -0.204. The molecule has 354 valence electrons. The number of rotatable bonds is 7. The Morgan fingerprint density at radius 1 is 0.486 bits per heavy atom. The van der Waals surface area contributed by atoms with Crippen molar-refractivity contribution in [1.82, 2.24) is 14.1 Å². The second-order valence-electron chi connectivity index (χ2n) is 18.6. The first-order valence-corrected chi connectivity index (χ1v) is 24.4. The van der Waals surface area contributed by atoms with E-state index in [1.165, 1.54) is 10.8 Å². The maximum atomic E-state index is 8.40. The minimum absolute atomic E-state index is 0. The van der Waals surface area contributed by atoms with Crippen LogP contribution in [0.4, 0.5) is 22.7 Å². The smallest absolute Gasteiger partial charge is 0.135 e. The van der Waals surface area contributed by atoms with Crippen LogP contribution in [-0.4, -0.2) is 14.1 Å². The molecule has 0 fully saturated rings. The Balaban J connectivity index is 0.00000540. The number of hydrogen-bond acceptors (Lipinski definition) is 4. The van der Waals surface area contributed by atoms with Gasteiger partial charge in [-0.05, 0) is 82.5 Å². The summed E-state index contributed by atoms with van der Waals surface area (Å²) in [6.07, 6.45) is 1.57. The fourth-order valence-electron chi connectivity index (χ4n) is 11.5. The van der Waals surface area contributed by atoms with E-state index >= 15 is 0 Å². The van der Waals surface area contributed by atoms with Crippen LogP contribution in [0.1, 0.15) is 9.68 Å². The summed E-state index contributed by atoms with van der Waals surface area (Å²) in [7, 11) is 0. The van der Waals surface area contributed by atoms with Crippen molar-refractivity contribution in [2.45, 2.75) is 6.85 Å². The summed E-state index contributed by atoms with van der Waals surface area (Å²) in [5, 5.41) is 4.28. The SMILES string of the molecule is [2H]C([2H])([2H])c1ccnc(-n2c3[c-]c(Oc4[c-]c(N5[CH-]N(c6c(-c7ccccc7)cccc6-c6ccccc6)c6ccccc65)ccc4)ccc3c3c4c(ccc32)-n2c3ccccc3c3cccc(c32)-c2ccccc2-4)c1.[Pt]. The fraction of sp³-hybridized carbons (Fsp3) is 0.0149. The van der Waals surface area contributed by atoms with Crippen molar-refractivity contribution in [3.05, 3.63) is 255 Å². The standard InChI is InChI=1S/C67H42N5O.Pt/c1-43-37-38-68-63(39-43)71-60-35-36-61-64(53-25-9-8-23-51(53)54-28-16-29-55-52-24-10-11-30-57(52)72(61)67(54)55)65(60)56-34-33-48(41-62(56)71)73-47-22-14-21-46(40-47)69-42-70(59-32-13-12-31-58(59)69)66-49(44-17-4-2-5-18-44)26-15-27-50(66)45-19-6-3-7-20-45;/h2-39,42H,1H3;/q-3;/i1D3;. The Morgan fingerprint density at radius 3 is 1.93 bits per heavy atom. The van der Waals surface area contributed by atoms with Gasteiger partial charge in [-0.2, -0.15) is 12.1 Å². The molecular weight excluding hydrogens is 1090 g/mol. The third-order valence-corrected chi connectivity index (χ3v) is 14.5. The van der Waals surface area contributed by atoms with Gasteiger partial charge < -0.3 is 23.7 Å². The molecule has 0 bridgehead atoms. The third-order valence-electron chi connectivity index (χ3n) is 14.5. The van der Waals surface area contributed by atoms with Crippen molar-refractivity contribution in [3.63, 3.8) is 0 Å². The Morgan fingerprint density at radius 2 is 1.14 bits per heavy atom. The summed E-state index contributed by atoms with van der Waals surface area (Å²) in [6, 6.07) is 84.7. The van der Waals surface area contributed by atoms with Crippen molar-refractivity contribution in [3.8, 4) is 67.5 Å². The van der Waals surface area contributed by atoms with E-state index in [0.717, 1.165) is 100 Å². The van der Waals surface area contributed by atoms with E-state index in [1.54, 1.807) is 18.3 Å². The zero-order valence-electron chi connectivity index (χ0n) is 42.5. The molecule has 3 aromatic heterocycles. The summed E-state index contributed by atoms with van der Waals surface area (Å²) in [5.74, 6) is 1.43. The molecular formula is C67H42N5OPt-3. The van der Waals surface area contributed by atoms with Gasteiger partial charge in [0.1, 0.15) is 5.82 Å². The van der Waals surface area contributed by atoms with Gasteiger partial charge in [0.25, 0.3) is 0 Å². The minimum Gasteiger partial charge on any atom is -0.509 e. The van der Waals surface area contributed by atoms with Crippen LogP contribution in [0.25, 0.3) is 99.6 Å². The monoisotopic (exact) mass is 1130 g/mol. The number of para-hydroxylation sites is 5. The molecule has 0 atom stereocenters. The molecule has 0 saturated carbocycles. The molecule has 15 rings (SSSR count). The van der Waals surface area contributed by atoms with Crippen LogP contribution < -0.4 is 14.5 Å². The average molecular weight is 1130 g/mol. The molecule has 13 aromatic rings. The number of anilines is 4. The molecule has 0 aliphatic carbocycles. The number of pyridine rings is 1. The third kappa shape index (κ3) is 6.72. The van der Waals surface area contributed by atoms with E-state index in [1.807, 2.05) is 28.8 Å². The molecule has 0 saturated heterocycles. The summed E-state index contributed by atoms with van der Waals surface area (Å²) < 4.78 is 36.5. The second kappa shape index (κ2) is 17.4. The maximum Gasteiger partial charge on any atom is 0.135 e. The van der Waals surface area contributed by atoms with E-state index < -0.39 is 6.85 Å². The van der Waals surface area contributed by atoms with Gasteiger partial charge in [-0.15, -0.1) is 48.1 Å². The molecule has 7 heteroatoms. The summed E-state index contributed by atoms with van der Waals surface area (Å²) in [4.78, 5) is 9.31. The molecule has 0 amide bonds. The van der Waals surface area contributed by atoms with Gasteiger partial charge in [0, 0.05) is 98.5 Å². The topological polar surface area (TPSA) is 38.5 Å². The average Bonchev–Trinajstić information content (AvgIpc) is 4.29. The van der Waals surface area contributed by atoms with Crippen LogP contribution in [0, 0.1) is 25.7 Å². The Hall–Kier alpha value is -8.96. The first-order valence-electron chi connectivity index (χ1n) is 25.9. The van der Waals surface area contributed by atoms with E-state index in [-0.39, 0.29) is 26.6 Å². The first kappa shape index (κ1) is 40.6. The van der Waals surface area contributed by atoms with Gasteiger partial charge in [-0.25, -0.2) is 4.98 Å². The van der Waals surface area contributed by atoms with E-state index in [9.17, 15) is 0 Å². The molecule has 0 radical (unpaired) electrons. The molecule has 6 nitrogen and oxygen atoms in total. The number of ether oxygens (including phenoxy) is 1. The van der Waals surface area contributed by atoms with Gasteiger partial charge in [0.15, 0.2) is 0 Å². The fourth-order valence-corrected chi connectivity index (χ4v) is 11.5. The Bertz CT molecular complexity index is 4430. The van der Waals surface area contributed by atoms with Crippen molar-refractivity contribution < 1.29 is 29.9 Å². The van der Waals surface area contributed by atoms with E-state index in [2.05, 4.69) is 221 Å². The Kier molecular flexibility index (Phi) is 9.53. The molecule has 5 heterocycles. The molecule has 0 unspecified atom stereocenters. The number of aryl methyl sites for hydroxylation is 1. The van der Waals surface area contributed by atoms with Gasteiger partial charge in [-0.3, -0.25) is 0 Å². The number of fused-ring (bicyclic) bond motifs is 13. The van der Waals surface area contributed by atoms with Gasteiger partial charge in [0.2, 0.25) is 0 Å². The minimum atomic E-state index is -2.35. The van der Waals surface area contributed by atoms with Crippen LogP contribution in [-0.2, 0) is 21.1 Å². The van der Waals surface area contributed by atoms with Crippen LogP contribution in [0.15, 0.2) is 231 Å². The van der Waals surface area contributed by atoms with Crippen molar-refractivity contribution >= 4 is 66.4 Å². The van der Waals surface area contributed by atoms with Gasteiger partial charge >= 0.3 is 0 Å². The number of benzene rings is 10. The maximum absolute atomic E-state index is 8.40. The zero-order valence-corrected chi connectivity index (χ0v) is 41.7. The zero-order chi connectivity index (χ0) is 50.6. The Labute approximate surface area is 447 Å². The van der Waals surface area contributed by atoms with Gasteiger partial charge in [-0.1, -0.05) is 157 Å². The number of aromatic nitrogens is 3. The van der Waals surface area contributed by atoms with Crippen LogP contribution in [0.5, 0.6) is 11.5 Å². The van der Waals surface area contributed by atoms with Crippen molar-refractivity contribution in [2.24, 2.45) is 0 Å². The van der Waals surface area contributed by atoms with E-state index in [0.29, 0.717) is 22.8 Å². The van der Waals surface area contributed by atoms with Crippen LogP contribution in [0.2, 0.25) is 0 Å². The summed E-state index contributed by atoms with van der Waals surface area (Å²) >= 11 is 0. The predicted molar refractivity (Wildman–Crippen MR) is 299 cm³/mol. The van der Waals surface area contributed by atoms with Gasteiger partial charge in [0.05, 0.1) is 16.7 Å². The van der Waals surface area contributed by atoms with Crippen molar-refractivity contribution in [1.29, 1.82) is 0 Å². The van der Waals surface area contributed by atoms with E-state index in [4.69, 9.17) is 13.8 Å². The predicted octanol–water partition coefficient (Wildman–Crippen LogP) is 17.4. The number of hydrogen-bond donors (Lipinski definition) is 0. The number of nitrogens with zero attached hydrogens (tertiary/aromatic N) is 5. The molecule has 0 spiro atoms. The molecule has 74 heavy (non-hydrogen) atoms. The first-order chi connectivity index (χ1) is 37.4.